The van der Waals surface area contributed by atoms with Gasteiger partial charge in [0.1, 0.15) is 5.54 Å². The Hall–Kier alpha value is -2.61. The quantitative estimate of drug-likeness (QED) is 0.646. The van der Waals surface area contributed by atoms with E-state index in [1.807, 2.05) is 31.2 Å². The molecule has 0 heterocycles. The average Bonchev–Trinajstić information content (AvgIpc) is 3.36. The lowest BCUT2D eigenvalue weighted by Crippen LogP contribution is -2.48. The number of carbonyl (C=O) groups is 2. The summed E-state index contributed by atoms with van der Waals surface area (Å²) in [6.07, 6.45) is 4.79. The largest absolute Gasteiger partial charge is 0.452 e. The zero-order chi connectivity index (χ0) is 16.9. The first kappa shape index (κ1) is 16.8. The van der Waals surface area contributed by atoms with Gasteiger partial charge in [-0.2, -0.15) is 5.26 Å². The van der Waals surface area contributed by atoms with Crippen molar-refractivity contribution in [1.29, 1.82) is 5.26 Å². The third-order valence-corrected chi connectivity index (χ3v) is 3.82. The molecular weight excluding hydrogens is 292 g/mol. The van der Waals surface area contributed by atoms with Crippen LogP contribution in [0.5, 0.6) is 0 Å². The maximum absolute atomic E-state index is 11.8. The minimum atomic E-state index is -0.874. The second-order valence-corrected chi connectivity index (χ2v) is 5.99. The number of hydrogen-bond acceptors (Lipinski definition) is 4. The number of hydrogen-bond donors (Lipinski definition) is 1. The summed E-state index contributed by atoms with van der Waals surface area (Å²) in [6, 6.07) is 9.79. The predicted molar refractivity (Wildman–Crippen MR) is 86.1 cm³/mol. The van der Waals surface area contributed by atoms with Crippen LogP contribution >= 0.6 is 0 Å². The number of nitrogens with zero attached hydrogens (tertiary/aromatic N) is 1. The molecule has 1 aromatic rings. The molecule has 1 aromatic carbocycles. The van der Waals surface area contributed by atoms with Crippen molar-refractivity contribution in [3.8, 4) is 6.07 Å². The van der Waals surface area contributed by atoms with Crippen molar-refractivity contribution in [3.63, 3.8) is 0 Å². The Morgan fingerprint density at radius 2 is 2.22 bits per heavy atom. The fraction of sp³-hybridized carbons (Fsp3) is 0.389. The van der Waals surface area contributed by atoms with Crippen LogP contribution in [-0.2, 0) is 14.3 Å². The van der Waals surface area contributed by atoms with E-state index in [1.54, 1.807) is 13.0 Å². The highest BCUT2D eigenvalue weighted by Gasteiger charge is 2.43. The van der Waals surface area contributed by atoms with E-state index in [2.05, 4.69) is 11.4 Å². The molecule has 0 spiro atoms. The van der Waals surface area contributed by atoms with Crippen molar-refractivity contribution in [1.82, 2.24) is 5.32 Å². The lowest BCUT2D eigenvalue weighted by molar-refractivity contribution is -0.144. The van der Waals surface area contributed by atoms with Gasteiger partial charge in [0, 0.05) is 6.08 Å². The second-order valence-electron chi connectivity index (χ2n) is 5.99. The number of esters is 1. The van der Waals surface area contributed by atoms with Gasteiger partial charge in [0.25, 0.3) is 5.91 Å². The number of rotatable bonds is 6. The van der Waals surface area contributed by atoms with Crippen molar-refractivity contribution < 1.29 is 14.3 Å². The van der Waals surface area contributed by atoms with Crippen LogP contribution in [0.1, 0.15) is 30.9 Å². The number of benzene rings is 1. The van der Waals surface area contributed by atoms with E-state index in [9.17, 15) is 14.9 Å². The standard InChI is InChI=1S/C18H20N2O3/c1-13-4-3-5-14(10-13)6-9-17(22)23-11-16(21)20-18(2,12-19)15-7-8-15/h3-6,9-10,15H,7-8,11H2,1-2H3,(H,20,21)/b9-6+/t18-/m1/s1. The van der Waals surface area contributed by atoms with Gasteiger partial charge in [-0.05, 0) is 44.2 Å². The molecule has 0 radical (unpaired) electrons. The van der Waals surface area contributed by atoms with Gasteiger partial charge >= 0.3 is 5.97 Å². The van der Waals surface area contributed by atoms with Crippen molar-refractivity contribution in [2.24, 2.45) is 5.92 Å². The van der Waals surface area contributed by atoms with E-state index >= 15 is 0 Å². The Morgan fingerprint density at radius 1 is 1.48 bits per heavy atom. The number of carbonyl (C=O) groups excluding carboxylic acids is 2. The van der Waals surface area contributed by atoms with Crippen LogP contribution in [0, 0.1) is 24.2 Å². The SMILES string of the molecule is Cc1cccc(/C=C/C(=O)OCC(=O)N[C@](C)(C#N)C2CC2)c1. The van der Waals surface area contributed by atoms with E-state index in [1.165, 1.54) is 6.08 Å². The number of ether oxygens (including phenoxy) is 1. The normalized spacial score (nSPS) is 16.4. The topological polar surface area (TPSA) is 79.2 Å². The van der Waals surface area contributed by atoms with Gasteiger partial charge in [-0.1, -0.05) is 29.8 Å². The Balaban J connectivity index is 1.80. The highest BCUT2D eigenvalue weighted by molar-refractivity contribution is 5.89. The molecule has 2 rings (SSSR count). The molecule has 23 heavy (non-hydrogen) atoms. The molecule has 0 aromatic heterocycles. The Morgan fingerprint density at radius 3 is 2.83 bits per heavy atom. The van der Waals surface area contributed by atoms with E-state index in [-0.39, 0.29) is 12.5 Å². The molecule has 1 aliphatic carbocycles. The van der Waals surface area contributed by atoms with Crippen molar-refractivity contribution >= 4 is 18.0 Å². The summed E-state index contributed by atoms with van der Waals surface area (Å²) in [4.78, 5) is 23.4. The van der Waals surface area contributed by atoms with Crippen molar-refractivity contribution in [2.45, 2.75) is 32.2 Å². The fourth-order valence-electron chi connectivity index (χ4n) is 2.33. The smallest absolute Gasteiger partial charge is 0.331 e. The fourth-order valence-corrected chi connectivity index (χ4v) is 2.33. The first-order valence-corrected chi connectivity index (χ1v) is 7.57. The summed E-state index contributed by atoms with van der Waals surface area (Å²) in [5.74, 6) is -0.863. The van der Waals surface area contributed by atoms with Gasteiger partial charge in [-0.25, -0.2) is 4.79 Å². The molecule has 1 saturated carbocycles. The molecule has 5 heteroatoms. The number of nitrogens with one attached hydrogen (secondary N) is 1. The van der Waals surface area contributed by atoms with Gasteiger partial charge in [0.15, 0.2) is 6.61 Å². The molecule has 0 saturated heterocycles. The van der Waals surface area contributed by atoms with Crippen LogP contribution in [0.4, 0.5) is 0 Å². The van der Waals surface area contributed by atoms with Gasteiger partial charge in [0.2, 0.25) is 0 Å². The summed E-state index contributed by atoms with van der Waals surface area (Å²) in [6.45, 7) is 3.27. The predicted octanol–water partition coefficient (Wildman–Crippen LogP) is 2.36. The highest BCUT2D eigenvalue weighted by atomic mass is 16.5. The summed E-state index contributed by atoms with van der Waals surface area (Å²) in [7, 11) is 0. The van der Waals surface area contributed by atoms with Crippen LogP contribution in [0.25, 0.3) is 6.08 Å². The minimum absolute atomic E-state index is 0.188. The first-order valence-electron chi connectivity index (χ1n) is 7.57. The number of nitriles is 1. The second kappa shape index (κ2) is 7.10. The van der Waals surface area contributed by atoms with Crippen LogP contribution in [0.2, 0.25) is 0 Å². The van der Waals surface area contributed by atoms with Crippen LogP contribution < -0.4 is 5.32 Å². The number of aryl methyl sites for hydroxylation is 1. The summed E-state index contributed by atoms with van der Waals surface area (Å²) in [5.41, 5.74) is 1.11. The molecular formula is C18H20N2O3. The Labute approximate surface area is 135 Å². The monoisotopic (exact) mass is 312 g/mol. The van der Waals surface area contributed by atoms with Crippen LogP contribution in [0.3, 0.4) is 0 Å². The molecule has 5 nitrogen and oxygen atoms in total. The lowest BCUT2D eigenvalue weighted by atomic mass is 9.98. The third-order valence-electron chi connectivity index (χ3n) is 3.82. The van der Waals surface area contributed by atoms with E-state index in [0.29, 0.717) is 0 Å². The zero-order valence-corrected chi connectivity index (χ0v) is 13.3. The third kappa shape index (κ3) is 4.96. The summed E-state index contributed by atoms with van der Waals surface area (Å²) < 4.78 is 4.90. The highest BCUT2D eigenvalue weighted by Crippen LogP contribution is 2.39. The van der Waals surface area contributed by atoms with Gasteiger partial charge < -0.3 is 10.1 Å². The lowest BCUT2D eigenvalue weighted by Gasteiger charge is -2.22. The van der Waals surface area contributed by atoms with Crippen molar-refractivity contribution in [2.75, 3.05) is 6.61 Å². The van der Waals surface area contributed by atoms with E-state index in [0.717, 1.165) is 24.0 Å². The molecule has 1 amide bonds. The molecule has 1 fully saturated rings. The molecule has 0 bridgehead atoms. The molecule has 0 unspecified atom stereocenters. The van der Waals surface area contributed by atoms with Gasteiger partial charge in [-0.3, -0.25) is 4.79 Å². The van der Waals surface area contributed by atoms with Crippen LogP contribution in [-0.4, -0.2) is 24.0 Å². The molecule has 0 aliphatic heterocycles. The minimum Gasteiger partial charge on any atom is -0.452 e. The maximum Gasteiger partial charge on any atom is 0.331 e. The molecule has 120 valence electrons. The van der Waals surface area contributed by atoms with Gasteiger partial charge in [-0.15, -0.1) is 0 Å². The zero-order valence-electron chi connectivity index (χ0n) is 13.3. The van der Waals surface area contributed by atoms with Gasteiger partial charge in [0.05, 0.1) is 6.07 Å². The number of amides is 1. The molecule has 1 atom stereocenters. The average molecular weight is 312 g/mol. The molecule has 1 N–H and O–H groups in total. The summed E-state index contributed by atoms with van der Waals surface area (Å²) in [5, 5.41) is 11.8. The Kier molecular flexibility index (Phi) is 5.17. The summed E-state index contributed by atoms with van der Waals surface area (Å²) >= 11 is 0. The molecule has 1 aliphatic rings. The van der Waals surface area contributed by atoms with Crippen LogP contribution in [0.15, 0.2) is 30.3 Å². The Bertz CT molecular complexity index is 671. The first-order chi connectivity index (χ1) is 10.9. The van der Waals surface area contributed by atoms with E-state index < -0.39 is 17.4 Å². The van der Waals surface area contributed by atoms with Crippen molar-refractivity contribution in [3.05, 3.63) is 41.5 Å². The maximum atomic E-state index is 11.8. The van der Waals surface area contributed by atoms with E-state index in [4.69, 9.17) is 4.74 Å².